The second-order valence-corrected chi connectivity index (χ2v) is 15.4. The number of esters is 3. The van der Waals surface area contributed by atoms with Gasteiger partial charge in [0, 0.05) is 19.3 Å². The molecule has 0 aromatic heterocycles. The zero-order chi connectivity index (χ0) is 43.0. The molecule has 1 unspecified atom stereocenters. The Morgan fingerprint density at radius 1 is 0.356 bits per heavy atom. The predicted octanol–water partition coefficient (Wildman–Crippen LogP) is 15.4. The summed E-state index contributed by atoms with van der Waals surface area (Å²) >= 11 is 0. The van der Waals surface area contributed by atoms with E-state index < -0.39 is 6.10 Å². The fraction of sp³-hybridized carbons (Fsp3) is 0.642. The standard InChI is InChI=1S/C53H86O6/c1-4-7-10-13-16-19-22-25-26-29-31-34-37-40-43-46-52(55)58-49-50(59-53(56)47-44-41-38-35-32-28-24-21-18-15-12-9-6-3)48-57-51(54)45-42-39-36-33-30-27-23-20-17-14-11-8-5-2/h8-9,11-12,14-15,17-18,20-21,23-24,27-28,30,32,50H,4-7,10,13,16,19,22,25-26,29,31,33-49H2,1-3H3/b11-8+,12-9+,17-14+,18-15+,23-20+,24-21+,30-27+,32-28+. The first kappa shape index (κ1) is 55.3. The Kier molecular flexibility index (Phi) is 44.1. The lowest BCUT2D eigenvalue weighted by Crippen LogP contribution is -2.30. The Balaban J connectivity index is 4.50. The van der Waals surface area contributed by atoms with E-state index in [2.05, 4.69) is 45.1 Å². The number of unbranched alkanes of at least 4 members (excludes halogenated alkanes) is 20. The van der Waals surface area contributed by atoms with Gasteiger partial charge in [0.2, 0.25) is 0 Å². The number of allylic oxidation sites excluding steroid dienone is 16. The molecule has 0 amide bonds. The lowest BCUT2D eigenvalue weighted by molar-refractivity contribution is -0.167. The highest BCUT2D eigenvalue weighted by molar-refractivity contribution is 5.71. The molecule has 0 aliphatic heterocycles. The van der Waals surface area contributed by atoms with Gasteiger partial charge in [0.1, 0.15) is 13.2 Å². The minimum Gasteiger partial charge on any atom is -0.462 e. The van der Waals surface area contributed by atoms with Crippen LogP contribution in [0.2, 0.25) is 0 Å². The highest BCUT2D eigenvalue weighted by atomic mass is 16.6. The molecule has 1 atom stereocenters. The summed E-state index contributed by atoms with van der Waals surface area (Å²) < 4.78 is 16.7. The summed E-state index contributed by atoms with van der Waals surface area (Å²) in [6.07, 6.45) is 61.1. The van der Waals surface area contributed by atoms with E-state index in [1.54, 1.807) is 0 Å². The van der Waals surface area contributed by atoms with Crippen LogP contribution in [-0.4, -0.2) is 37.2 Å². The average molecular weight is 819 g/mol. The molecule has 0 rings (SSSR count). The van der Waals surface area contributed by atoms with Crippen molar-refractivity contribution in [2.24, 2.45) is 0 Å². The van der Waals surface area contributed by atoms with Crippen LogP contribution < -0.4 is 0 Å². The Labute approximate surface area is 362 Å². The van der Waals surface area contributed by atoms with Crippen molar-refractivity contribution >= 4 is 17.9 Å². The number of hydrogen-bond acceptors (Lipinski definition) is 6. The van der Waals surface area contributed by atoms with Gasteiger partial charge in [0.15, 0.2) is 6.10 Å². The molecule has 0 N–H and O–H groups in total. The minimum absolute atomic E-state index is 0.106. The maximum atomic E-state index is 12.7. The highest BCUT2D eigenvalue weighted by Crippen LogP contribution is 2.15. The predicted molar refractivity (Wildman–Crippen MR) is 251 cm³/mol. The van der Waals surface area contributed by atoms with Gasteiger partial charge in [-0.15, -0.1) is 0 Å². The molecule has 0 aromatic rings. The molecule has 6 heteroatoms. The summed E-state index contributed by atoms with van der Waals surface area (Å²) in [6.45, 7) is 6.27. The Morgan fingerprint density at radius 2 is 0.661 bits per heavy atom. The van der Waals surface area contributed by atoms with E-state index in [0.717, 1.165) is 77.0 Å². The second kappa shape index (κ2) is 47.0. The molecule has 0 fully saturated rings. The third kappa shape index (κ3) is 45.3. The molecule has 6 nitrogen and oxygen atoms in total. The SMILES string of the molecule is CC/C=C/C=C/C=C/C=C/CCCCCC(=O)OCC(COC(=O)CCCCCCCCCCCCCCCCC)OC(=O)CCCCC/C=C/C=C/C=C/C=C/CC. The largest absolute Gasteiger partial charge is 0.462 e. The third-order valence-corrected chi connectivity index (χ3v) is 9.77. The molecule has 0 saturated carbocycles. The first-order valence-corrected chi connectivity index (χ1v) is 23.8. The minimum atomic E-state index is -0.812. The normalized spacial score (nSPS) is 12.9. The van der Waals surface area contributed by atoms with Crippen LogP contribution >= 0.6 is 0 Å². The van der Waals surface area contributed by atoms with Crippen LogP contribution in [0.5, 0.6) is 0 Å². The molecule has 0 aliphatic carbocycles. The van der Waals surface area contributed by atoms with Crippen molar-refractivity contribution in [2.45, 2.75) is 207 Å². The summed E-state index contributed by atoms with van der Waals surface area (Å²) in [5, 5.41) is 0. The van der Waals surface area contributed by atoms with Crippen molar-refractivity contribution in [3.63, 3.8) is 0 Å². The van der Waals surface area contributed by atoms with Gasteiger partial charge in [0.25, 0.3) is 0 Å². The summed E-state index contributed by atoms with van der Waals surface area (Å²) in [4.78, 5) is 37.8. The van der Waals surface area contributed by atoms with Crippen LogP contribution in [-0.2, 0) is 28.6 Å². The van der Waals surface area contributed by atoms with E-state index in [9.17, 15) is 14.4 Å². The number of hydrogen-bond donors (Lipinski definition) is 0. The van der Waals surface area contributed by atoms with Crippen molar-refractivity contribution in [3.05, 3.63) is 97.2 Å². The Morgan fingerprint density at radius 3 is 1.03 bits per heavy atom. The number of rotatable bonds is 41. The monoisotopic (exact) mass is 819 g/mol. The first-order chi connectivity index (χ1) is 29.0. The maximum absolute atomic E-state index is 12.7. The molecule has 0 radical (unpaired) electrons. The molecule has 0 aromatic carbocycles. The second-order valence-electron chi connectivity index (χ2n) is 15.4. The number of ether oxygens (including phenoxy) is 3. The van der Waals surface area contributed by atoms with Crippen LogP contribution in [0.15, 0.2) is 97.2 Å². The summed E-state index contributed by atoms with van der Waals surface area (Å²) in [6, 6.07) is 0. The van der Waals surface area contributed by atoms with Crippen LogP contribution in [0.3, 0.4) is 0 Å². The van der Waals surface area contributed by atoms with E-state index in [1.807, 2.05) is 72.9 Å². The van der Waals surface area contributed by atoms with Crippen LogP contribution in [0, 0.1) is 0 Å². The lowest BCUT2D eigenvalue weighted by atomic mass is 10.0. The zero-order valence-corrected chi connectivity index (χ0v) is 38.0. The number of carbonyl (C=O) groups excluding carboxylic acids is 3. The van der Waals surface area contributed by atoms with Crippen molar-refractivity contribution < 1.29 is 28.6 Å². The van der Waals surface area contributed by atoms with Gasteiger partial charge in [-0.05, 0) is 57.8 Å². The molecular weight excluding hydrogens is 733 g/mol. The zero-order valence-electron chi connectivity index (χ0n) is 38.0. The summed E-state index contributed by atoms with van der Waals surface area (Å²) in [5.74, 6) is -0.992. The van der Waals surface area contributed by atoms with Gasteiger partial charge in [-0.25, -0.2) is 0 Å². The lowest BCUT2D eigenvalue weighted by Gasteiger charge is -2.18. The van der Waals surface area contributed by atoms with Gasteiger partial charge in [0.05, 0.1) is 0 Å². The van der Waals surface area contributed by atoms with Crippen molar-refractivity contribution in [2.75, 3.05) is 13.2 Å². The fourth-order valence-corrected chi connectivity index (χ4v) is 6.23. The fourth-order valence-electron chi connectivity index (χ4n) is 6.23. The van der Waals surface area contributed by atoms with Gasteiger partial charge in [-0.3, -0.25) is 14.4 Å². The van der Waals surface area contributed by atoms with E-state index in [1.165, 1.54) is 77.0 Å². The van der Waals surface area contributed by atoms with Crippen molar-refractivity contribution in [1.29, 1.82) is 0 Å². The number of carbonyl (C=O) groups is 3. The van der Waals surface area contributed by atoms with Gasteiger partial charge in [-0.2, -0.15) is 0 Å². The van der Waals surface area contributed by atoms with Crippen molar-refractivity contribution in [1.82, 2.24) is 0 Å². The molecular formula is C53H86O6. The van der Waals surface area contributed by atoms with E-state index >= 15 is 0 Å². The third-order valence-electron chi connectivity index (χ3n) is 9.77. The maximum Gasteiger partial charge on any atom is 0.306 e. The summed E-state index contributed by atoms with van der Waals surface area (Å²) in [7, 11) is 0. The van der Waals surface area contributed by atoms with Gasteiger partial charge >= 0.3 is 17.9 Å². The van der Waals surface area contributed by atoms with Crippen LogP contribution in [0.4, 0.5) is 0 Å². The van der Waals surface area contributed by atoms with Crippen LogP contribution in [0.25, 0.3) is 0 Å². The van der Waals surface area contributed by atoms with E-state index in [0.29, 0.717) is 19.3 Å². The molecule has 0 bridgehead atoms. The highest BCUT2D eigenvalue weighted by Gasteiger charge is 2.19. The molecule has 0 heterocycles. The molecule has 59 heavy (non-hydrogen) atoms. The Bertz CT molecular complexity index is 1220. The van der Waals surface area contributed by atoms with E-state index in [-0.39, 0.29) is 37.5 Å². The topological polar surface area (TPSA) is 78.9 Å². The van der Waals surface area contributed by atoms with Gasteiger partial charge in [-0.1, -0.05) is 221 Å². The van der Waals surface area contributed by atoms with Gasteiger partial charge < -0.3 is 14.2 Å². The molecule has 0 spiro atoms. The quantitative estimate of drug-likeness (QED) is 0.0265. The Hall–Kier alpha value is -3.67. The van der Waals surface area contributed by atoms with E-state index in [4.69, 9.17) is 14.2 Å². The smallest absolute Gasteiger partial charge is 0.306 e. The summed E-state index contributed by atoms with van der Waals surface area (Å²) in [5.41, 5.74) is 0. The van der Waals surface area contributed by atoms with Crippen molar-refractivity contribution in [3.8, 4) is 0 Å². The molecule has 0 saturated heterocycles. The first-order valence-electron chi connectivity index (χ1n) is 23.8. The van der Waals surface area contributed by atoms with Crippen LogP contribution in [0.1, 0.15) is 201 Å². The molecule has 334 valence electrons. The molecule has 0 aliphatic rings. The average Bonchev–Trinajstić information content (AvgIpc) is 3.23.